The molecule has 2 N–H and O–H groups in total. The molecule has 7 heteroatoms. The summed E-state index contributed by atoms with van der Waals surface area (Å²) >= 11 is 0. The Kier molecular flexibility index (Phi) is 5.22. The lowest BCUT2D eigenvalue weighted by Crippen LogP contribution is -2.21. The van der Waals surface area contributed by atoms with Gasteiger partial charge in [-0.05, 0) is 36.4 Å². The number of aromatic carboxylic acids is 1. The number of hydrogen-bond donors (Lipinski definition) is 2. The van der Waals surface area contributed by atoms with Crippen LogP contribution in [0.2, 0.25) is 0 Å². The van der Waals surface area contributed by atoms with Crippen LogP contribution >= 0.6 is 0 Å². The Bertz CT molecular complexity index is 1420. The number of phenols is 1. The van der Waals surface area contributed by atoms with Crippen LogP contribution in [0.25, 0.3) is 11.3 Å². The third-order valence-corrected chi connectivity index (χ3v) is 5.79. The van der Waals surface area contributed by atoms with Gasteiger partial charge in [-0.1, -0.05) is 42.5 Å². The number of phenolic OH excluding ortho intramolecular Hbond substituents is 1. The highest BCUT2D eigenvalue weighted by molar-refractivity contribution is 6.11. The molecular formula is C27H18O7. The van der Waals surface area contributed by atoms with E-state index in [0.29, 0.717) is 28.2 Å². The first-order valence-electron chi connectivity index (χ1n) is 10.5. The van der Waals surface area contributed by atoms with E-state index in [0.717, 1.165) is 0 Å². The van der Waals surface area contributed by atoms with Crippen LogP contribution in [0.15, 0.2) is 83.3 Å². The van der Waals surface area contributed by atoms with Gasteiger partial charge >= 0.3 is 11.9 Å². The van der Waals surface area contributed by atoms with Gasteiger partial charge in [0.2, 0.25) is 0 Å². The first-order chi connectivity index (χ1) is 16.4. The monoisotopic (exact) mass is 454 g/mol. The number of hydrogen-bond acceptors (Lipinski definition) is 6. The van der Waals surface area contributed by atoms with Gasteiger partial charge in [0.15, 0.2) is 5.78 Å². The highest BCUT2D eigenvalue weighted by Gasteiger charge is 2.35. The number of ether oxygens (including phenoxy) is 1. The van der Waals surface area contributed by atoms with Gasteiger partial charge in [-0.25, -0.2) is 4.79 Å². The predicted octanol–water partition coefficient (Wildman–Crippen LogP) is 5.02. The first kappa shape index (κ1) is 21.2. The third-order valence-electron chi connectivity index (χ3n) is 5.79. The summed E-state index contributed by atoms with van der Waals surface area (Å²) in [5.74, 6) is -1.72. The summed E-state index contributed by atoms with van der Waals surface area (Å²) in [7, 11) is 0. The molecule has 2 heterocycles. The van der Waals surface area contributed by atoms with Gasteiger partial charge in [0, 0.05) is 16.7 Å². The highest BCUT2D eigenvalue weighted by Crippen LogP contribution is 2.46. The van der Waals surface area contributed by atoms with Gasteiger partial charge in [-0.2, -0.15) is 0 Å². The summed E-state index contributed by atoms with van der Waals surface area (Å²) in [6, 6.07) is 21.1. The van der Waals surface area contributed by atoms with E-state index in [4.69, 9.17) is 14.3 Å². The summed E-state index contributed by atoms with van der Waals surface area (Å²) in [6.07, 6.45) is -0.0750. The number of carboxylic acids is 1. The first-order valence-corrected chi connectivity index (χ1v) is 10.5. The fraction of sp³-hybridized carbons (Fsp3) is 0.0741. The van der Waals surface area contributed by atoms with Crippen LogP contribution in [0.4, 0.5) is 0 Å². The molecule has 1 unspecified atom stereocenters. The fourth-order valence-electron chi connectivity index (χ4n) is 4.09. The van der Waals surface area contributed by atoms with Crippen molar-refractivity contribution in [2.45, 2.75) is 12.3 Å². The maximum absolute atomic E-state index is 13.0. The largest absolute Gasteiger partial charge is 0.507 e. The fourth-order valence-corrected chi connectivity index (χ4v) is 4.09. The Balaban J connectivity index is 1.54. The molecule has 0 fully saturated rings. The van der Waals surface area contributed by atoms with E-state index in [-0.39, 0.29) is 34.8 Å². The van der Waals surface area contributed by atoms with Crippen LogP contribution in [0.3, 0.4) is 0 Å². The van der Waals surface area contributed by atoms with Gasteiger partial charge in [-0.3, -0.25) is 9.59 Å². The average Bonchev–Trinajstić information content (AvgIpc) is 3.34. The van der Waals surface area contributed by atoms with Crippen LogP contribution in [0.1, 0.15) is 49.9 Å². The van der Waals surface area contributed by atoms with Gasteiger partial charge < -0.3 is 19.4 Å². The Morgan fingerprint density at radius 1 is 0.853 bits per heavy atom. The minimum absolute atomic E-state index is 0.0750. The van der Waals surface area contributed by atoms with Gasteiger partial charge in [0.05, 0.1) is 23.5 Å². The molecule has 0 aliphatic carbocycles. The zero-order valence-electron chi connectivity index (χ0n) is 17.7. The minimum Gasteiger partial charge on any atom is -0.507 e. The number of carbonyl (C=O) groups is 3. The molecule has 0 amide bonds. The second-order valence-electron chi connectivity index (χ2n) is 7.88. The molecule has 0 saturated carbocycles. The van der Waals surface area contributed by atoms with E-state index in [1.165, 1.54) is 24.3 Å². The Hall–Kier alpha value is -4.65. The lowest BCUT2D eigenvalue weighted by Gasteiger charge is -2.25. The van der Waals surface area contributed by atoms with Gasteiger partial charge in [0.25, 0.3) is 0 Å². The molecule has 168 valence electrons. The number of fused-ring (bicyclic) bond motifs is 1. The standard InChI is InChI=1S/C27H18O7/c28-23-14-19(21-13-12-20(33-21)15-6-8-17(9-7-15)27(31)32)24-22(34-23)11-10-18(26(24)30)25(29)16-4-2-1-3-5-16/h1-13,19,30H,14H2,(H,31,32). The number of aromatic hydroxyl groups is 1. The van der Waals surface area contributed by atoms with E-state index in [2.05, 4.69) is 0 Å². The number of esters is 1. The molecule has 0 spiro atoms. The average molecular weight is 454 g/mol. The van der Waals surface area contributed by atoms with Crippen LogP contribution < -0.4 is 4.74 Å². The molecule has 3 aromatic carbocycles. The molecule has 7 nitrogen and oxygen atoms in total. The summed E-state index contributed by atoms with van der Waals surface area (Å²) < 4.78 is 11.3. The quantitative estimate of drug-likeness (QED) is 0.247. The molecule has 4 aromatic rings. The molecule has 0 saturated heterocycles. The molecule has 1 aliphatic heterocycles. The van der Waals surface area contributed by atoms with Crippen molar-refractivity contribution < 1.29 is 33.8 Å². The van der Waals surface area contributed by atoms with Gasteiger partial charge in [-0.15, -0.1) is 0 Å². The van der Waals surface area contributed by atoms with E-state index >= 15 is 0 Å². The second kappa shape index (κ2) is 8.37. The number of furan rings is 1. The smallest absolute Gasteiger partial charge is 0.335 e. The van der Waals surface area contributed by atoms with Crippen molar-refractivity contribution >= 4 is 17.7 Å². The van der Waals surface area contributed by atoms with Crippen LogP contribution in [-0.2, 0) is 4.79 Å². The van der Waals surface area contributed by atoms with Crippen LogP contribution in [-0.4, -0.2) is 27.9 Å². The van der Waals surface area contributed by atoms with Crippen LogP contribution in [0.5, 0.6) is 11.5 Å². The maximum Gasteiger partial charge on any atom is 0.335 e. The van der Waals surface area contributed by atoms with Crippen molar-refractivity contribution in [3.05, 3.63) is 107 Å². The summed E-state index contributed by atoms with van der Waals surface area (Å²) in [6.45, 7) is 0. The zero-order chi connectivity index (χ0) is 23.8. The van der Waals surface area contributed by atoms with Crippen LogP contribution in [0, 0.1) is 0 Å². The van der Waals surface area contributed by atoms with Crippen molar-refractivity contribution in [1.29, 1.82) is 0 Å². The molecule has 0 radical (unpaired) electrons. The molecule has 5 rings (SSSR count). The zero-order valence-corrected chi connectivity index (χ0v) is 17.7. The molecule has 1 aliphatic rings. The predicted molar refractivity (Wildman–Crippen MR) is 121 cm³/mol. The molecule has 1 atom stereocenters. The number of benzene rings is 3. The van der Waals surface area contributed by atoms with Crippen molar-refractivity contribution in [3.8, 4) is 22.8 Å². The van der Waals surface area contributed by atoms with Crippen molar-refractivity contribution in [1.82, 2.24) is 0 Å². The summed E-state index contributed by atoms with van der Waals surface area (Å²) in [5.41, 5.74) is 1.65. The number of carboxylic acid groups (broad SMARTS) is 1. The molecular weight excluding hydrogens is 436 g/mol. The summed E-state index contributed by atoms with van der Waals surface area (Å²) in [4.78, 5) is 36.4. The lowest BCUT2D eigenvalue weighted by molar-refractivity contribution is -0.135. The molecule has 1 aromatic heterocycles. The lowest BCUT2D eigenvalue weighted by atomic mass is 9.87. The Labute approximate surface area is 193 Å². The molecule has 0 bridgehead atoms. The van der Waals surface area contributed by atoms with E-state index in [9.17, 15) is 19.5 Å². The third kappa shape index (κ3) is 3.73. The van der Waals surface area contributed by atoms with E-state index in [1.54, 1.807) is 54.6 Å². The highest BCUT2D eigenvalue weighted by atomic mass is 16.5. The number of ketones is 1. The second-order valence-corrected chi connectivity index (χ2v) is 7.88. The normalized spacial score (nSPS) is 14.8. The molecule has 34 heavy (non-hydrogen) atoms. The van der Waals surface area contributed by atoms with Crippen molar-refractivity contribution in [3.63, 3.8) is 0 Å². The minimum atomic E-state index is -1.03. The summed E-state index contributed by atoms with van der Waals surface area (Å²) in [5, 5.41) is 20.2. The van der Waals surface area contributed by atoms with E-state index in [1.807, 2.05) is 0 Å². The van der Waals surface area contributed by atoms with Crippen molar-refractivity contribution in [2.75, 3.05) is 0 Å². The number of carbonyl (C=O) groups excluding carboxylic acids is 2. The Morgan fingerprint density at radius 3 is 2.29 bits per heavy atom. The Morgan fingerprint density at radius 2 is 1.59 bits per heavy atom. The van der Waals surface area contributed by atoms with E-state index < -0.39 is 17.9 Å². The number of rotatable bonds is 5. The van der Waals surface area contributed by atoms with Crippen molar-refractivity contribution in [2.24, 2.45) is 0 Å². The SMILES string of the molecule is O=C1CC(c2ccc(-c3ccc(C(=O)O)cc3)o2)c2c(ccc(C(=O)c3ccccc3)c2O)O1. The van der Waals surface area contributed by atoms with Gasteiger partial charge in [0.1, 0.15) is 23.0 Å². The maximum atomic E-state index is 13.0. The topological polar surface area (TPSA) is 114 Å².